The molecule has 2 aliphatic heterocycles. The fourth-order valence-electron chi connectivity index (χ4n) is 1.02. The van der Waals surface area contributed by atoms with Gasteiger partial charge in [0.2, 0.25) is 0 Å². The molecule has 0 aliphatic carbocycles. The van der Waals surface area contributed by atoms with Gasteiger partial charge < -0.3 is 4.48 Å². The highest BCUT2D eigenvalue weighted by atomic mass is 15.3. The fraction of sp³-hybridized carbons (Fsp3) is 0. The molecule has 0 aromatic rings. The molecule has 0 radical (unpaired) electrons. The molecule has 2 rings (SSSR count). The van der Waals surface area contributed by atoms with Crippen LogP contribution in [0.5, 0.6) is 0 Å². The van der Waals surface area contributed by atoms with Crippen molar-refractivity contribution in [2.75, 3.05) is 0 Å². The van der Waals surface area contributed by atoms with Crippen molar-refractivity contribution >= 4 is 0 Å². The van der Waals surface area contributed by atoms with Crippen LogP contribution in [0.15, 0.2) is 42.9 Å². The number of rotatable bonds is 0. The standard InChI is InChI=1S/C8H7N/c1-2-6-9(5-1)7-3-4-8-9/h1-7H. The Morgan fingerprint density at radius 2 is 1.56 bits per heavy atom. The molecule has 0 saturated carbocycles. The minimum Gasteiger partial charge on any atom is -0.309 e. The lowest BCUT2D eigenvalue weighted by molar-refractivity contribution is -0.722. The highest BCUT2D eigenvalue weighted by Gasteiger charge is 2.12. The first-order chi connectivity index (χ1) is 4.41. The van der Waals surface area contributed by atoms with Crippen molar-refractivity contribution < 1.29 is 4.48 Å². The van der Waals surface area contributed by atoms with Crippen molar-refractivity contribution in [1.29, 1.82) is 0 Å². The van der Waals surface area contributed by atoms with Crippen molar-refractivity contribution in [2.24, 2.45) is 0 Å². The largest absolute Gasteiger partial charge is 0.309 e. The van der Waals surface area contributed by atoms with Gasteiger partial charge in [-0.3, -0.25) is 0 Å². The zero-order chi connectivity index (χ0) is 6.16. The third kappa shape index (κ3) is 0.585. The summed E-state index contributed by atoms with van der Waals surface area (Å²) < 4.78 is 0.653. The molecule has 0 amide bonds. The molecule has 0 unspecified atom stereocenters. The highest BCUT2D eigenvalue weighted by Crippen LogP contribution is 2.20. The van der Waals surface area contributed by atoms with E-state index < -0.39 is 0 Å². The van der Waals surface area contributed by atoms with E-state index in [4.69, 9.17) is 0 Å². The second-order valence-electron chi connectivity index (χ2n) is 2.15. The van der Waals surface area contributed by atoms with E-state index >= 15 is 0 Å². The Morgan fingerprint density at radius 1 is 0.889 bits per heavy atom. The van der Waals surface area contributed by atoms with Crippen LogP contribution in [-0.4, -0.2) is 4.48 Å². The van der Waals surface area contributed by atoms with Gasteiger partial charge in [-0.15, -0.1) is 0 Å². The smallest absolute Gasteiger partial charge is 0.0932 e. The lowest BCUT2D eigenvalue weighted by atomic mass is 10.6. The van der Waals surface area contributed by atoms with Gasteiger partial charge >= 0.3 is 0 Å². The Kier molecular flexibility index (Phi) is 0.769. The lowest BCUT2D eigenvalue weighted by Crippen LogP contribution is -2.18. The number of quaternary nitrogens is 1. The van der Waals surface area contributed by atoms with Crippen LogP contribution < -0.4 is 0 Å². The van der Waals surface area contributed by atoms with E-state index in [0.717, 1.165) is 0 Å². The summed E-state index contributed by atoms with van der Waals surface area (Å²) in [5, 5.41) is 0. The molecule has 44 valence electrons. The third-order valence-corrected chi connectivity index (χ3v) is 1.50. The van der Waals surface area contributed by atoms with Gasteiger partial charge in [0.25, 0.3) is 0 Å². The molecule has 0 N–H and O–H groups in total. The average molecular weight is 117 g/mol. The van der Waals surface area contributed by atoms with Crippen molar-refractivity contribution in [1.82, 2.24) is 0 Å². The monoisotopic (exact) mass is 117 g/mol. The lowest BCUT2D eigenvalue weighted by Gasteiger charge is -2.21. The third-order valence-electron chi connectivity index (χ3n) is 1.50. The van der Waals surface area contributed by atoms with Crippen molar-refractivity contribution in [3.05, 3.63) is 49.1 Å². The number of allylic oxidation sites excluding steroid dienone is 4. The molecule has 1 heteroatoms. The Balaban J connectivity index is 2.46. The number of hydrogen-bond donors (Lipinski definition) is 0. The van der Waals surface area contributed by atoms with Crippen molar-refractivity contribution in [3.8, 4) is 0 Å². The minimum absolute atomic E-state index is 0.653. The molecule has 0 saturated heterocycles. The van der Waals surface area contributed by atoms with Crippen LogP contribution in [0.2, 0.25) is 0 Å². The van der Waals surface area contributed by atoms with E-state index in [9.17, 15) is 0 Å². The molecule has 2 heterocycles. The Morgan fingerprint density at radius 3 is 2.11 bits per heavy atom. The minimum atomic E-state index is 0.653. The van der Waals surface area contributed by atoms with Gasteiger partial charge in [0, 0.05) is 6.20 Å². The quantitative estimate of drug-likeness (QED) is 0.334. The van der Waals surface area contributed by atoms with E-state index in [1.54, 1.807) is 0 Å². The van der Waals surface area contributed by atoms with E-state index in [2.05, 4.69) is 24.8 Å². The van der Waals surface area contributed by atoms with E-state index in [-0.39, 0.29) is 0 Å². The summed E-state index contributed by atoms with van der Waals surface area (Å²) in [7, 11) is 0. The first kappa shape index (κ1) is 4.77. The fourth-order valence-corrected chi connectivity index (χ4v) is 1.02. The van der Waals surface area contributed by atoms with E-state index in [1.165, 1.54) is 0 Å². The molecule has 9 heavy (non-hydrogen) atoms. The first-order valence-corrected chi connectivity index (χ1v) is 2.95. The normalized spacial score (nSPS) is 24.9. The predicted molar refractivity (Wildman–Crippen MR) is 35.5 cm³/mol. The maximum Gasteiger partial charge on any atom is 0.0932 e. The summed E-state index contributed by atoms with van der Waals surface area (Å²) in [5.41, 5.74) is 0. The van der Waals surface area contributed by atoms with Gasteiger partial charge in [-0.05, 0) is 18.4 Å². The number of hydrogen-bond acceptors (Lipinski definition) is 0. The van der Waals surface area contributed by atoms with Gasteiger partial charge in [0.05, 0.1) is 12.4 Å². The summed E-state index contributed by atoms with van der Waals surface area (Å²) in [6.07, 6.45) is 17.3. The van der Waals surface area contributed by atoms with Crippen LogP contribution in [0, 0.1) is 6.20 Å². The summed E-state index contributed by atoms with van der Waals surface area (Å²) in [6, 6.07) is 0. The molecule has 0 aromatic carbocycles. The van der Waals surface area contributed by atoms with Crippen LogP contribution >= 0.6 is 0 Å². The van der Waals surface area contributed by atoms with Crippen molar-refractivity contribution in [3.63, 3.8) is 0 Å². The Hall–Kier alpha value is -1.08. The van der Waals surface area contributed by atoms with Crippen molar-refractivity contribution in [2.45, 2.75) is 0 Å². The molecule has 1 nitrogen and oxygen atoms in total. The molecule has 0 bridgehead atoms. The van der Waals surface area contributed by atoms with Crippen LogP contribution in [0.1, 0.15) is 0 Å². The summed E-state index contributed by atoms with van der Waals surface area (Å²) >= 11 is 0. The number of nitrogens with zero attached hydrogens (tertiary/aromatic N) is 1. The Labute approximate surface area is 54.5 Å². The van der Waals surface area contributed by atoms with Gasteiger partial charge in [0.1, 0.15) is 0 Å². The summed E-state index contributed by atoms with van der Waals surface area (Å²) in [6.45, 7) is 0. The van der Waals surface area contributed by atoms with Gasteiger partial charge in [-0.2, -0.15) is 12.2 Å². The topological polar surface area (TPSA) is 0 Å². The van der Waals surface area contributed by atoms with Gasteiger partial charge in [-0.1, -0.05) is 0 Å². The zero-order valence-corrected chi connectivity index (χ0v) is 4.99. The molecule has 0 atom stereocenters. The zero-order valence-electron chi connectivity index (χ0n) is 4.99. The maximum atomic E-state index is 3.16. The van der Waals surface area contributed by atoms with Gasteiger partial charge in [0.15, 0.2) is 0 Å². The molecular weight excluding hydrogens is 110 g/mol. The average Bonchev–Trinajstić information content (AvgIpc) is 2.45. The first-order valence-electron chi connectivity index (χ1n) is 2.95. The summed E-state index contributed by atoms with van der Waals surface area (Å²) in [5.74, 6) is 0. The second kappa shape index (κ2) is 1.45. The van der Waals surface area contributed by atoms with Crippen LogP contribution in [0.3, 0.4) is 0 Å². The second-order valence-corrected chi connectivity index (χ2v) is 2.15. The predicted octanol–water partition coefficient (Wildman–Crippen LogP) is 1.69. The molecule has 0 fully saturated rings. The highest BCUT2D eigenvalue weighted by molar-refractivity contribution is 5.12. The van der Waals surface area contributed by atoms with Crippen LogP contribution in [0.25, 0.3) is 0 Å². The summed E-state index contributed by atoms with van der Waals surface area (Å²) in [4.78, 5) is 0. The van der Waals surface area contributed by atoms with E-state index in [1.807, 2.05) is 24.3 Å². The maximum absolute atomic E-state index is 3.16. The molecule has 2 aliphatic rings. The molecule has 0 aromatic heterocycles. The van der Waals surface area contributed by atoms with Crippen LogP contribution in [0.4, 0.5) is 0 Å². The SMILES string of the molecule is [C-]1=CC=C[N+]12C=CC=C2. The van der Waals surface area contributed by atoms with E-state index in [0.29, 0.717) is 4.48 Å². The molecule has 1 spiro atoms. The molecular formula is C8H7N. The Bertz CT molecular complexity index is 177. The van der Waals surface area contributed by atoms with Crippen LogP contribution in [-0.2, 0) is 0 Å². The van der Waals surface area contributed by atoms with Gasteiger partial charge in [-0.25, -0.2) is 0 Å².